The Morgan fingerprint density at radius 2 is 1.71 bits per heavy atom. The quantitative estimate of drug-likeness (QED) is 0.289. The molecule has 1 aliphatic heterocycles. The van der Waals surface area contributed by atoms with Crippen molar-refractivity contribution in [1.82, 2.24) is 19.8 Å². The van der Waals surface area contributed by atoms with E-state index in [1.54, 1.807) is 28.8 Å². The van der Waals surface area contributed by atoms with Gasteiger partial charge in [-0.05, 0) is 50.6 Å². The summed E-state index contributed by atoms with van der Waals surface area (Å²) in [6.45, 7) is 8.89. The van der Waals surface area contributed by atoms with Crippen molar-refractivity contribution in [3.63, 3.8) is 0 Å². The Balaban J connectivity index is 0.00000253. The van der Waals surface area contributed by atoms with Gasteiger partial charge in [0.25, 0.3) is 5.91 Å². The third-order valence-electron chi connectivity index (χ3n) is 6.54. The fraction of sp³-hybridized carbons (Fsp3) is 0.407. The van der Waals surface area contributed by atoms with E-state index >= 15 is 0 Å². The number of rotatable bonds is 9. The zero-order chi connectivity index (χ0) is 25.7. The van der Waals surface area contributed by atoms with E-state index in [1.165, 1.54) is 6.07 Å². The molecule has 0 bridgehead atoms. The van der Waals surface area contributed by atoms with E-state index in [1.807, 2.05) is 26.0 Å². The van der Waals surface area contributed by atoms with Gasteiger partial charge >= 0.3 is 0 Å². The molecular weight excluding hydrogens is 571 g/mol. The fourth-order valence-corrected chi connectivity index (χ4v) is 5.07. The number of aryl methyl sites for hydroxylation is 1. The maximum atomic E-state index is 14.5. The predicted octanol–water partition coefficient (Wildman–Crippen LogP) is 6.36. The van der Waals surface area contributed by atoms with E-state index in [0.29, 0.717) is 45.9 Å². The Hall–Kier alpha value is -2.03. The number of benzene rings is 2. The van der Waals surface area contributed by atoms with Crippen LogP contribution < -0.4 is 10.2 Å². The molecule has 38 heavy (non-hydrogen) atoms. The highest BCUT2D eigenvalue weighted by atomic mass is 35.5. The van der Waals surface area contributed by atoms with Crippen molar-refractivity contribution in [2.75, 3.05) is 44.2 Å². The zero-order valence-corrected chi connectivity index (χ0v) is 24.7. The highest BCUT2D eigenvalue weighted by molar-refractivity contribution is 6.43. The molecule has 1 amide bonds. The summed E-state index contributed by atoms with van der Waals surface area (Å²) in [4.78, 5) is 22.2. The van der Waals surface area contributed by atoms with Crippen molar-refractivity contribution in [1.29, 1.82) is 0 Å². The number of amides is 1. The van der Waals surface area contributed by atoms with Crippen molar-refractivity contribution in [2.45, 2.75) is 33.1 Å². The Morgan fingerprint density at radius 3 is 2.39 bits per heavy atom. The summed E-state index contributed by atoms with van der Waals surface area (Å²) in [6.07, 6.45) is 2.34. The molecule has 4 rings (SSSR count). The predicted molar refractivity (Wildman–Crippen MR) is 159 cm³/mol. The summed E-state index contributed by atoms with van der Waals surface area (Å²) in [5.41, 5.74) is 2.40. The summed E-state index contributed by atoms with van der Waals surface area (Å²) in [7, 11) is 0. The molecule has 2 heterocycles. The minimum absolute atomic E-state index is 0. The normalized spacial score (nSPS) is 13.6. The molecule has 208 valence electrons. The smallest absolute Gasteiger partial charge is 0.271 e. The lowest BCUT2D eigenvalue weighted by atomic mass is 10.2. The number of nitrogens with one attached hydrogen (secondary N) is 1. The number of imidazole rings is 1. The van der Waals surface area contributed by atoms with Crippen molar-refractivity contribution in [3.05, 3.63) is 75.5 Å². The molecule has 0 saturated carbocycles. The summed E-state index contributed by atoms with van der Waals surface area (Å²) in [5, 5.41) is 4.17. The number of hydrogen-bond acceptors (Lipinski definition) is 4. The fourth-order valence-electron chi connectivity index (χ4n) is 4.66. The van der Waals surface area contributed by atoms with E-state index in [9.17, 15) is 9.18 Å². The monoisotopic (exact) mass is 603 g/mol. The first-order valence-electron chi connectivity index (χ1n) is 12.4. The summed E-state index contributed by atoms with van der Waals surface area (Å²) in [6, 6.07) is 12.3. The van der Waals surface area contributed by atoms with Crippen LogP contribution in [0.3, 0.4) is 0 Å². The molecule has 0 aliphatic carbocycles. The van der Waals surface area contributed by atoms with Gasteiger partial charge in [-0.2, -0.15) is 0 Å². The van der Waals surface area contributed by atoms with Crippen molar-refractivity contribution in [2.24, 2.45) is 0 Å². The minimum atomic E-state index is -0.333. The standard InChI is InChI=1S/C27H32Cl2FN5O.2ClH/c1-3-8-24-32-26(19(2)35(24)22-11-5-4-10-21(22)30)27(36)31-13-7-14-33-15-17-34(18-16-33)23-12-6-9-20(28)25(23)29;;/h4-6,9-12H,3,7-8,13-18H2,1-2H3,(H,31,36);2*1H. The summed E-state index contributed by atoms with van der Waals surface area (Å²) in [5.74, 6) is 0.142. The SMILES string of the molecule is CCCc1nc(C(=O)NCCCN2CCN(c3cccc(Cl)c3Cl)CC2)c(C)n1-c1ccccc1F.Cl.Cl. The molecule has 1 fully saturated rings. The van der Waals surface area contributed by atoms with Gasteiger partial charge in [-0.15, -0.1) is 24.8 Å². The average Bonchev–Trinajstić information content (AvgIpc) is 3.20. The van der Waals surface area contributed by atoms with Gasteiger partial charge in [0.1, 0.15) is 17.3 Å². The van der Waals surface area contributed by atoms with Gasteiger partial charge in [-0.3, -0.25) is 14.3 Å². The molecule has 1 aromatic heterocycles. The molecule has 0 radical (unpaired) electrons. The van der Waals surface area contributed by atoms with Crippen LogP contribution in [0.15, 0.2) is 42.5 Å². The maximum absolute atomic E-state index is 14.5. The van der Waals surface area contributed by atoms with Gasteiger partial charge in [-0.25, -0.2) is 9.37 Å². The Kier molecular flexibility index (Phi) is 12.7. The minimum Gasteiger partial charge on any atom is -0.368 e. The molecule has 0 spiro atoms. The molecular formula is C27H34Cl4FN5O. The van der Waals surface area contributed by atoms with Crippen LogP contribution in [0.5, 0.6) is 0 Å². The van der Waals surface area contributed by atoms with Crippen LogP contribution in [0.1, 0.15) is 41.8 Å². The van der Waals surface area contributed by atoms with E-state index in [0.717, 1.165) is 51.3 Å². The number of carbonyl (C=O) groups is 1. The third kappa shape index (κ3) is 7.33. The number of piperazine rings is 1. The van der Waals surface area contributed by atoms with Crippen molar-refractivity contribution < 1.29 is 9.18 Å². The van der Waals surface area contributed by atoms with Crippen molar-refractivity contribution >= 4 is 59.6 Å². The summed E-state index contributed by atoms with van der Waals surface area (Å²) < 4.78 is 16.3. The van der Waals surface area contributed by atoms with E-state index in [-0.39, 0.29) is 36.5 Å². The molecule has 3 aromatic rings. The third-order valence-corrected chi connectivity index (χ3v) is 7.35. The molecule has 1 aliphatic rings. The highest BCUT2D eigenvalue weighted by Crippen LogP contribution is 2.32. The van der Waals surface area contributed by atoms with Crippen LogP contribution in [0.4, 0.5) is 10.1 Å². The second-order valence-corrected chi connectivity index (χ2v) is 9.80. The van der Waals surface area contributed by atoms with Crippen LogP contribution in [-0.2, 0) is 6.42 Å². The molecule has 11 heteroatoms. The molecule has 2 aromatic carbocycles. The highest BCUT2D eigenvalue weighted by Gasteiger charge is 2.22. The number of para-hydroxylation sites is 1. The number of carbonyl (C=O) groups excluding carboxylic acids is 1. The van der Waals surface area contributed by atoms with Gasteiger partial charge < -0.3 is 10.2 Å². The van der Waals surface area contributed by atoms with Gasteiger partial charge in [-0.1, -0.05) is 48.3 Å². The molecule has 1 saturated heterocycles. The van der Waals surface area contributed by atoms with Gasteiger partial charge in [0.2, 0.25) is 0 Å². The first-order chi connectivity index (χ1) is 17.4. The Labute approximate surface area is 246 Å². The Bertz CT molecular complexity index is 1210. The summed E-state index contributed by atoms with van der Waals surface area (Å²) >= 11 is 12.5. The van der Waals surface area contributed by atoms with Gasteiger partial charge in [0, 0.05) is 39.1 Å². The first-order valence-corrected chi connectivity index (χ1v) is 13.2. The van der Waals surface area contributed by atoms with E-state index in [2.05, 4.69) is 20.1 Å². The van der Waals surface area contributed by atoms with Crippen LogP contribution >= 0.6 is 48.0 Å². The first kappa shape index (κ1) is 32.2. The number of nitrogens with zero attached hydrogens (tertiary/aromatic N) is 4. The maximum Gasteiger partial charge on any atom is 0.271 e. The lowest BCUT2D eigenvalue weighted by Crippen LogP contribution is -2.47. The van der Waals surface area contributed by atoms with Crippen molar-refractivity contribution in [3.8, 4) is 5.69 Å². The topological polar surface area (TPSA) is 53.4 Å². The number of hydrogen-bond donors (Lipinski definition) is 1. The number of halogens is 5. The Morgan fingerprint density at radius 1 is 1.03 bits per heavy atom. The van der Waals surface area contributed by atoms with Crippen LogP contribution in [0.25, 0.3) is 5.69 Å². The molecule has 6 nitrogen and oxygen atoms in total. The molecule has 0 atom stereocenters. The lowest BCUT2D eigenvalue weighted by Gasteiger charge is -2.36. The second-order valence-electron chi connectivity index (χ2n) is 9.01. The average molecular weight is 605 g/mol. The molecule has 1 N–H and O–H groups in total. The van der Waals surface area contributed by atoms with E-state index < -0.39 is 0 Å². The number of aromatic nitrogens is 2. The van der Waals surface area contributed by atoms with Crippen LogP contribution in [0, 0.1) is 12.7 Å². The van der Waals surface area contributed by atoms with E-state index in [4.69, 9.17) is 23.2 Å². The van der Waals surface area contributed by atoms with Gasteiger partial charge in [0.05, 0.1) is 27.1 Å². The zero-order valence-electron chi connectivity index (χ0n) is 21.6. The second kappa shape index (κ2) is 14.9. The largest absolute Gasteiger partial charge is 0.368 e. The number of anilines is 1. The van der Waals surface area contributed by atoms with Crippen LogP contribution in [0.2, 0.25) is 10.0 Å². The van der Waals surface area contributed by atoms with Gasteiger partial charge in [0.15, 0.2) is 0 Å². The molecule has 0 unspecified atom stereocenters. The lowest BCUT2D eigenvalue weighted by molar-refractivity contribution is 0.0946. The van der Waals surface area contributed by atoms with Crippen LogP contribution in [-0.4, -0.2) is 59.6 Å².